The van der Waals surface area contributed by atoms with Crippen molar-refractivity contribution in [3.8, 4) is 0 Å². The summed E-state index contributed by atoms with van der Waals surface area (Å²) in [5, 5.41) is 18.9. The maximum absolute atomic E-state index is 10.8. The molecule has 3 saturated heterocycles. The number of fused-ring (bicyclic) bond motifs is 3. The van der Waals surface area contributed by atoms with E-state index < -0.39 is 5.97 Å². The summed E-state index contributed by atoms with van der Waals surface area (Å²) in [5.74, 6) is -0.713. The highest BCUT2D eigenvalue weighted by Gasteiger charge is 2.41. The fourth-order valence-electron chi connectivity index (χ4n) is 2.87. The van der Waals surface area contributed by atoms with Gasteiger partial charge in [0, 0.05) is 6.04 Å². The van der Waals surface area contributed by atoms with Gasteiger partial charge in [-0.3, -0.25) is 9.69 Å². The molecule has 0 aromatic rings. The van der Waals surface area contributed by atoms with Crippen LogP contribution >= 0.6 is 12.4 Å². The standard InChI is InChI=1S/C11H19NO3.ClH/c1-7(11(14)15)6-9-10(13)8-2-4-12(9)5-3-8;/h7-10,13H,2-6H2,1H3,(H,14,15);1H/t7?,9-,10-;/m0./s1. The summed E-state index contributed by atoms with van der Waals surface area (Å²) in [7, 11) is 0. The summed E-state index contributed by atoms with van der Waals surface area (Å²) in [4.78, 5) is 13.0. The summed E-state index contributed by atoms with van der Waals surface area (Å²) in [6.45, 7) is 3.77. The normalized spacial score (nSPS) is 38.9. The number of carboxylic acids is 1. The Balaban J connectivity index is 0.00000128. The average molecular weight is 250 g/mol. The molecule has 0 aromatic carbocycles. The highest BCUT2D eigenvalue weighted by atomic mass is 35.5. The minimum atomic E-state index is -0.759. The molecule has 3 rings (SSSR count). The first-order valence-electron chi connectivity index (χ1n) is 5.74. The topological polar surface area (TPSA) is 60.8 Å². The van der Waals surface area contributed by atoms with E-state index >= 15 is 0 Å². The molecule has 4 nitrogen and oxygen atoms in total. The largest absolute Gasteiger partial charge is 0.481 e. The number of halogens is 1. The Bertz CT molecular complexity index is 252. The van der Waals surface area contributed by atoms with Crippen LogP contribution in [0.5, 0.6) is 0 Å². The van der Waals surface area contributed by atoms with Crippen LogP contribution in [0, 0.1) is 11.8 Å². The van der Waals surface area contributed by atoms with Crippen molar-refractivity contribution in [1.29, 1.82) is 0 Å². The molecule has 1 unspecified atom stereocenters. The van der Waals surface area contributed by atoms with Crippen molar-refractivity contribution in [1.82, 2.24) is 4.90 Å². The molecule has 3 atom stereocenters. The van der Waals surface area contributed by atoms with Gasteiger partial charge in [-0.1, -0.05) is 6.92 Å². The average Bonchev–Trinajstić information content (AvgIpc) is 2.23. The maximum atomic E-state index is 10.8. The lowest BCUT2D eigenvalue weighted by Crippen LogP contribution is -2.58. The summed E-state index contributed by atoms with van der Waals surface area (Å²) < 4.78 is 0. The fourth-order valence-corrected chi connectivity index (χ4v) is 2.87. The van der Waals surface area contributed by atoms with Crippen molar-refractivity contribution in [3.05, 3.63) is 0 Å². The molecule has 3 heterocycles. The molecule has 0 amide bonds. The molecule has 5 heteroatoms. The Morgan fingerprint density at radius 2 is 2.00 bits per heavy atom. The number of hydrogen-bond acceptors (Lipinski definition) is 3. The van der Waals surface area contributed by atoms with E-state index in [-0.39, 0.29) is 30.5 Å². The molecule has 2 N–H and O–H groups in total. The van der Waals surface area contributed by atoms with E-state index in [9.17, 15) is 9.90 Å². The van der Waals surface area contributed by atoms with E-state index in [1.807, 2.05) is 0 Å². The summed E-state index contributed by atoms with van der Waals surface area (Å²) >= 11 is 0. The molecule has 94 valence electrons. The Morgan fingerprint density at radius 3 is 2.44 bits per heavy atom. The molecular formula is C11H20ClNO3. The summed E-state index contributed by atoms with van der Waals surface area (Å²) in [6.07, 6.45) is 2.40. The van der Waals surface area contributed by atoms with Crippen LogP contribution in [0.1, 0.15) is 26.2 Å². The van der Waals surface area contributed by atoms with Crippen LogP contribution in [0.3, 0.4) is 0 Å². The van der Waals surface area contributed by atoms with E-state index in [1.165, 1.54) is 0 Å². The second-order valence-electron chi connectivity index (χ2n) is 4.91. The van der Waals surface area contributed by atoms with Crippen molar-refractivity contribution in [2.24, 2.45) is 11.8 Å². The first-order chi connectivity index (χ1) is 7.09. The SMILES string of the molecule is CC(C[C@H]1[C@@H](O)C2CCN1CC2)C(=O)O.Cl. The number of carbonyl (C=O) groups is 1. The zero-order valence-corrected chi connectivity index (χ0v) is 10.3. The molecule has 0 saturated carbocycles. The van der Waals surface area contributed by atoms with Gasteiger partial charge in [0.25, 0.3) is 0 Å². The molecule has 0 radical (unpaired) electrons. The van der Waals surface area contributed by atoms with Crippen LogP contribution < -0.4 is 0 Å². The van der Waals surface area contributed by atoms with Crippen LogP contribution in [-0.4, -0.2) is 46.3 Å². The fraction of sp³-hybridized carbons (Fsp3) is 0.909. The first kappa shape index (κ1) is 13.7. The second kappa shape index (κ2) is 5.34. The van der Waals surface area contributed by atoms with Crippen LogP contribution in [-0.2, 0) is 4.79 Å². The molecule has 3 aliphatic rings. The molecule has 16 heavy (non-hydrogen) atoms. The third kappa shape index (κ3) is 2.50. The minimum Gasteiger partial charge on any atom is -0.481 e. The van der Waals surface area contributed by atoms with Gasteiger partial charge in [0.2, 0.25) is 0 Å². The molecule has 3 fully saturated rings. The number of carboxylic acid groups (broad SMARTS) is 1. The molecule has 0 aliphatic carbocycles. The Labute approximate surface area is 102 Å². The van der Waals surface area contributed by atoms with Crippen LogP contribution in [0.2, 0.25) is 0 Å². The second-order valence-corrected chi connectivity index (χ2v) is 4.91. The van der Waals surface area contributed by atoms with Gasteiger partial charge >= 0.3 is 5.97 Å². The van der Waals surface area contributed by atoms with Gasteiger partial charge in [-0.25, -0.2) is 0 Å². The van der Waals surface area contributed by atoms with Crippen molar-refractivity contribution in [3.63, 3.8) is 0 Å². The molecular weight excluding hydrogens is 230 g/mol. The van der Waals surface area contributed by atoms with Crippen molar-refractivity contribution in [2.45, 2.75) is 38.3 Å². The van der Waals surface area contributed by atoms with Gasteiger partial charge in [-0.15, -0.1) is 12.4 Å². The van der Waals surface area contributed by atoms with Gasteiger partial charge in [-0.05, 0) is 38.3 Å². The van der Waals surface area contributed by atoms with E-state index in [0.717, 1.165) is 25.9 Å². The van der Waals surface area contributed by atoms with E-state index in [1.54, 1.807) is 6.92 Å². The molecule has 0 spiro atoms. The highest BCUT2D eigenvalue weighted by Crippen LogP contribution is 2.34. The Hall–Kier alpha value is -0.320. The summed E-state index contributed by atoms with van der Waals surface area (Å²) in [6, 6.07) is 0.0728. The highest BCUT2D eigenvalue weighted by molar-refractivity contribution is 5.85. The number of aliphatic hydroxyl groups is 1. The number of rotatable bonds is 3. The van der Waals surface area contributed by atoms with Gasteiger partial charge in [0.1, 0.15) is 0 Å². The quantitative estimate of drug-likeness (QED) is 0.783. The third-order valence-corrected chi connectivity index (χ3v) is 3.94. The Kier molecular flexibility index (Phi) is 4.59. The van der Waals surface area contributed by atoms with Crippen molar-refractivity contribution < 1.29 is 15.0 Å². The predicted octanol–water partition coefficient (Wildman–Crippen LogP) is 0.974. The number of nitrogens with zero attached hydrogens (tertiary/aromatic N) is 1. The molecule has 2 bridgehead atoms. The van der Waals surface area contributed by atoms with Gasteiger partial charge in [0.15, 0.2) is 0 Å². The third-order valence-electron chi connectivity index (χ3n) is 3.94. The van der Waals surface area contributed by atoms with Crippen molar-refractivity contribution in [2.75, 3.05) is 13.1 Å². The number of aliphatic hydroxyl groups excluding tert-OH is 1. The van der Waals surface area contributed by atoms with Crippen LogP contribution in [0.25, 0.3) is 0 Å². The lowest BCUT2D eigenvalue weighted by molar-refractivity contribution is -0.143. The molecule has 3 aliphatic heterocycles. The first-order valence-corrected chi connectivity index (χ1v) is 5.74. The van der Waals surface area contributed by atoms with Gasteiger partial charge in [0.05, 0.1) is 12.0 Å². The van der Waals surface area contributed by atoms with Gasteiger partial charge < -0.3 is 10.2 Å². The number of aliphatic carboxylic acids is 1. The zero-order valence-electron chi connectivity index (χ0n) is 9.50. The monoisotopic (exact) mass is 249 g/mol. The predicted molar refractivity (Wildman–Crippen MR) is 62.8 cm³/mol. The van der Waals surface area contributed by atoms with Crippen LogP contribution in [0.15, 0.2) is 0 Å². The van der Waals surface area contributed by atoms with Gasteiger partial charge in [-0.2, -0.15) is 0 Å². The lowest BCUT2D eigenvalue weighted by atomic mass is 9.78. The smallest absolute Gasteiger partial charge is 0.306 e. The van der Waals surface area contributed by atoms with Crippen LogP contribution in [0.4, 0.5) is 0 Å². The zero-order chi connectivity index (χ0) is 11.0. The van der Waals surface area contributed by atoms with E-state index in [2.05, 4.69) is 4.90 Å². The summed E-state index contributed by atoms with van der Waals surface area (Å²) in [5.41, 5.74) is 0. The Morgan fingerprint density at radius 1 is 1.44 bits per heavy atom. The van der Waals surface area contributed by atoms with E-state index in [4.69, 9.17) is 5.11 Å². The van der Waals surface area contributed by atoms with E-state index in [0.29, 0.717) is 12.3 Å². The maximum Gasteiger partial charge on any atom is 0.306 e. The minimum absolute atomic E-state index is 0. The number of hydrogen-bond donors (Lipinski definition) is 2. The molecule has 0 aromatic heterocycles. The lowest BCUT2D eigenvalue weighted by Gasteiger charge is -2.49. The number of piperidine rings is 3. The van der Waals surface area contributed by atoms with Crippen molar-refractivity contribution >= 4 is 18.4 Å².